The SMILES string of the molecule is CC(=O)NCCc1nc2cc(NC(=O)c3cccc(C(F)(F)F)c3)ccc2nc1-c1cccnc1. The molecule has 0 unspecified atom stereocenters. The molecule has 0 fully saturated rings. The first-order chi connectivity index (χ1) is 16.7. The highest BCUT2D eigenvalue weighted by atomic mass is 19.4. The van der Waals surface area contributed by atoms with E-state index < -0.39 is 17.6 Å². The normalized spacial score (nSPS) is 11.3. The molecule has 2 amide bonds. The van der Waals surface area contributed by atoms with Crippen molar-refractivity contribution in [2.24, 2.45) is 0 Å². The maximum atomic E-state index is 13.0. The van der Waals surface area contributed by atoms with Crippen LogP contribution >= 0.6 is 0 Å². The molecule has 0 aliphatic carbocycles. The number of aromatic nitrogens is 3. The second kappa shape index (κ2) is 9.88. The Morgan fingerprint density at radius 2 is 1.80 bits per heavy atom. The number of nitrogens with zero attached hydrogens (tertiary/aromatic N) is 3. The molecule has 0 radical (unpaired) electrons. The smallest absolute Gasteiger partial charge is 0.356 e. The van der Waals surface area contributed by atoms with Gasteiger partial charge in [0.15, 0.2) is 0 Å². The number of hydrogen-bond donors (Lipinski definition) is 2. The number of alkyl halides is 3. The summed E-state index contributed by atoms with van der Waals surface area (Å²) in [5.74, 6) is -0.845. The van der Waals surface area contributed by atoms with Gasteiger partial charge < -0.3 is 10.6 Å². The lowest BCUT2D eigenvalue weighted by Crippen LogP contribution is -2.23. The first kappa shape index (κ1) is 23.8. The van der Waals surface area contributed by atoms with Crippen LogP contribution in [0.2, 0.25) is 0 Å². The van der Waals surface area contributed by atoms with Gasteiger partial charge in [-0.3, -0.25) is 14.6 Å². The Hall–Kier alpha value is -4.34. The van der Waals surface area contributed by atoms with Gasteiger partial charge in [-0.05, 0) is 48.5 Å². The third-order valence-electron chi connectivity index (χ3n) is 5.12. The molecule has 0 aliphatic heterocycles. The predicted octanol–water partition coefficient (Wildman–Crippen LogP) is 4.64. The molecule has 2 heterocycles. The molecule has 4 aromatic rings. The van der Waals surface area contributed by atoms with Gasteiger partial charge >= 0.3 is 6.18 Å². The van der Waals surface area contributed by atoms with Gasteiger partial charge in [0, 0.05) is 49.1 Å². The van der Waals surface area contributed by atoms with E-state index in [0.29, 0.717) is 41.1 Å². The van der Waals surface area contributed by atoms with Crippen LogP contribution < -0.4 is 10.6 Å². The average Bonchev–Trinajstić information content (AvgIpc) is 2.83. The van der Waals surface area contributed by atoms with Crippen LogP contribution in [-0.4, -0.2) is 33.3 Å². The summed E-state index contributed by atoms with van der Waals surface area (Å²) in [5.41, 5.74) is 2.40. The van der Waals surface area contributed by atoms with Crippen LogP contribution in [0.1, 0.15) is 28.5 Å². The number of rotatable bonds is 6. The van der Waals surface area contributed by atoms with Crippen molar-refractivity contribution < 1.29 is 22.8 Å². The van der Waals surface area contributed by atoms with Crippen molar-refractivity contribution >= 4 is 28.5 Å². The number of halogens is 3. The summed E-state index contributed by atoms with van der Waals surface area (Å²) in [7, 11) is 0. The Labute approximate surface area is 198 Å². The summed E-state index contributed by atoms with van der Waals surface area (Å²) in [5, 5.41) is 5.34. The van der Waals surface area contributed by atoms with Gasteiger partial charge in [0.25, 0.3) is 5.91 Å². The van der Waals surface area contributed by atoms with E-state index in [0.717, 1.165) is 17.7 Å². The van der Waals surface area contributed by atoms with E-state index >= 15 is 0 Å². The molecule has 0 bridgehead atoms. The van der Waals surface area contributed by atoms with Gasteiger partial charge in [-0.1, -0.05) is 6.07 Å². The van der Waals surface area contributed by atoms with Gasteiger partial charge in [0.05, 0.1) is 28.0 Å². The second-order valence-corrected chi connectivity index (χ2v) is 7.73. The molecule has 10 heteroatoms. The van der Waals surface area contributed by atoms with Crippen molar-refractivity contribution in [3.05, 3.63) is 83.8 Å². The molecule has 0 saturated carbocycles. The average molecular weight is 479 g/mol. The number of benzene rings is 2. The molecule has 35 heavy (non-hydrogen) atoms. The van der Waals surface area contributed by atoms with E-state index in [4.69, 9.17) is 9.97 Å². The van der Waals surface area contributed by atoms with Crippen LogP contribution in [0, 0.1) is 0 Å². The number of hydrogen-bond acceptors (Lipinski definition) is 5. The van der Waals surface area contributed by atoms with Crippen LogP contribution in [-0.2, 0) is 17.4 Å². The zero-order valence-electron chi connectivity index (χ0n) is 18.6. The van der Waals surface area contributed by atoms with Crippen LogP contribution in [0.3, 0.4) is 0 Å². The summed E-state index contributed by atoms with van der Waals surface area (Å²) < 4.78 is 39.0. The van der Waals surface area contributed by atoms with Gasteiger partial charge in [-0.15, -0.1) is 0 Å². The molecule has 4 rings (SSSR count). The van der Waals surface area contributed by atoms with E-state index in [-0.39, 0.29) is 11.5 Å². The molecular formula is C25H20F3N5O2. The largest absolute Gasteiger partial charge is 0.416 e. The molecule has 0 spiro atoms. The highest BCUT2D eigenvalue weighted by molar-refractivity contribution is 6.05. The second-order valence-electron chi connectivity index (χ2n) is 7.73. The fraction of sp³-hybridized carbons (Fsp3) is 0.160. The van der Waals surface area contributed by atoms with Crippen LogP contribution in [0.25, 0.3) is 22.3 Å². The third kappa shape index (κ3) is 5.78. The molecule has 0 atom stereocenters. The maximum absolute atomic E-state index is 13.0. The summed E-state index contributed by atoms with van der Waals surface area (Å²) in [6, 6.07) is 12.7. The number of carbonyl (C=O) groups excluding carboxylic acids is 2. The molecule has 2 aromatic carbocycles. The molecular weight excluding hydrogens is 459 g/mol. The van der Waals surface area contributed by atoms with Crippen molar-refractivity contribution in [3.63, 3.8) is 0 Å². The Morgan fingerprint density at radius 3 is 2.51 bits per heavy atom. The van der Waals surface area contributed by atoms with Crippen molar-refractivity contribution in [1.82, 2.24) is 20.3 Å². The number of pyridine rings is 1. The highest BCUT2D eigenvalue weighted by Crippen LogP contribution is 2.30. The lowest BCUT2D eigenvalue weighted by molar-refractivity contribution is -0.137. The Kier molecular flexibility index (Phi) is 6.72. The Morgan fingerprint density at radius 1 is 0.971 bits per heavy atom. The molecule has 2 aromatic heterocycles. The lowest BCUT2D eigenvalue weighted by Gasteiger charge is -2.12. The van der Waals surface area contributed by atoms with Crippen LogP contribution in [0.4, 0.5) is 18.9 Å². The zero-order valence-corrected chi connectivity index (χ0v) is 18.6. The number of nitrogens with one attached hydrogen (secondary N) is 2. The summed E-state index contributed by atoms with van der Waals surface area (Å²) in [6.45, 7) is 1.78. The minimum absolute atomic E-state index is 0.117. The van der Waals surface area contributed by atoms with E-state index in [1.807, 2.05) is 6.07 Å². The standard InChI is InChI=1S/C25H20F3N5O2/c1-15(34)30-11-9-21-23(17-5-3-10-29-14-17)33-20-8-7-19(13-22(20)32-21)31-24(35)16-4-2-6-18(12-16)25(26,27)28/h2-8,10,12-14H,9,11H2,1H3,(H,30,34)(H,31,35). The topological polar surface area (TPSA) is 96.9 Å². The van der Waals surface area contributed by atoms with Crippen molar-refractivity contribution in [3.8, 4) is 11.3 Å². The predicted molar refractivity (Wildman–Crippen MR) is 125 cm³/mol. The van der Waals surface area contributed by atoms with Gasteiger partial charge in [-0.25, -0.2) is 9.97 Å². The van der Waals surface area contributed by atoms with Gasteiger partial charge in [0.2, 0.25) is 5.91 Å². The van der Waals surface area contributed by atoms with Gasteiger partial charge in [-0.2, -0.15) is 13.2 Å². The Bertz CT molecular complexity index is 1390. The van der Waals surface area contributed by atoms with Gasteiger partial charge in [0.1, 0.15) is 0 Å². The van der Waals surface area contributed by atoms with Crippen molar-refractivity contribution in [2.45, 2.75) is 19.5 Å². The molecule has 178 valence electrons. The summed E-state index contributed by atoms with van der Waals surface area (Å²) >= 11 is 0. The monoisotopic (exact) mass is 479 g/mol. The number of carbonyl (C=O) groups is 2. The fourth-order valence-corrected chi connectivity index (χ4v) is 3.47. The van der Waals surface area contributed by atoms with Crippen LogP contribution in [0.15, 0.2) is 67.0 Å². The quantitative estimate of drug-likeness (QED) is 0.420. The minimum atomic E-state index is -4.55. The minimum Gasteiger partial charge on any atom is -0.356 e. The number of anilines is 1. The summed E-state index contributed by atoms with van der Waals surface area (Å²) in [6.07, 6.45) is -0.822. The first-order valence-corrected chi connectivity index (χ1v) is 10.6. The van der Waals surface area contributed by atoms with Crippen LogP contribution in [0.5, 0.6) is 0 Å². The number of amides is 2. The highest BCUT2D eigenvalue weighted by Gasteiger charge is 2.30. The zero-order chi connectivity index (χ0) is 25.0. The van der Waals surface area contributed by atoms with E-state index in [1.54, 1.807) is 36.7 Å². The maximum Gasteiger partial charge on any atom is 0.416 e. The lowest BCUT2D eigenvalue weighted by atomic mass is 10.1. The van der Waals surface area contributed by atoms with E-state index in [2.05, 4.69) is 15.6 Å². The number of fused-ring (bicyclic) bond motifs is 1. The fourth-order valence-electron chi connectivity index (χ4n) is 3.47. The molecule has 0 saturated heterocycles. The third-order valence-corrected chi connectivity index (χ3v) is 5.12. The molecule has 2 N–H and O–H groups in total. The van der Waals surface area contributed by atoms with E-state index in [1.165, 1.54) is 19.1 Å². The van der Waals surface area contributed by atoms with Crippen molar-refractivity contribution in [1.29, 1.82) is 0 Å². The summed E-state index contributed by atoms with van der Waals surface area (Å²) in [4.78, 5) is 37.4. The molecule has 0 aliphatic rings. The molecule has 7 nitrogen and oxygen atoms in total. The Balaban J connectivity index is 1.65. The van der Waals surface area contributed by atoms with Crippen molar-refractivity contribution in [2.75, 3.05) is 11.9 Å². The first-order valence-electron chi connectivity index (χ1n) is 10.6. The van der Waals surface area contributed by atoms with E-state index in [9.17, 15) is 22.8 Å².